The lowest BCUT2D eigenvalue weighted by Gasteiger charge is -2.42. The van der Waals surface area contributed by atoms with Crippen LogP contribution in [-0.4, -0.2) is 53.5 Å². The van der Waals surface area contributed by atoms with E-state index in [4.69, 9.17) is 9.72 Å². The molecule has 0 saturated carbocycles. The molecule has 0 bridgehead atoms. The van der Waals surface area contributed by atoms with Crippen molar-refractivity contribution in [1.29, 1.82) is 0 Å². The number of carbonyl (C=O) groups excluding carboxylic acids is 1. The number of benzene rings is 3. The molecule has 0 fully saturated rings. The molecule has 1 amide bonds. The molecule has 3 aromatic carbocycles. The molecule has 2 atom stereocenters. The SMILES string of the molecule is Cc1ccc(S(=O)(=O)N[C@@H](Cc2ccccc2)C(=O)N2Cc3c(nc(C(C)C)c(C(OC(C)(C)C)C(=O)O)c3-c3ccc(F)cc3)C(C)(C)C2)cc1. The fraction of sp³-hybridized carbons (Fsp3) is 0.390. The third kappa shape index (κ3) is 8.60. The maximum Gasteiger partial charge on any atom is 0.337 e. The molecule has 2 N–H and O–H groups in total. The third-order valence-corrected chi connectivity index (χ3v) is 10.6. The van der Waals surface area contributed by atoms with Gasteiger partial charge < -0.3 is 14.7 Å². The first-order valence-electron chi connectivity index (χ1n) is 17.4. The van der Waals surface area contributed by atoms with Crippen LogP contribution in [0, 0.1) is 12.7 Å². The highest BCUT2D eigenvalue weighted by atomic mass is 32.2. The van der Waals surface area contributed by atoms with E-state index in [1.54, 1.807) is 49.9 Å². The number of carbonyl (C=O) groups is 2. The normalized spacial score (nSPS) is 15.6. The fourth-order valence-corrected chi connectivity index (χ4v) is 7.98. The van der Waals surface area contributed by atoms with E-state index in [0.29, 0.717) is 33.6 Å². The van der Waals surface area contributed by atoms with Gasteiger partial charge in [-0.2, -0.15) is 4.72 Å². The molecule has 1 aromatic heterocycles. The minimum Gasteiger partial charge on any atom is -0.479 e. The number of fused-ring (bicyclic) bond motifs is 1. The third-order valence-electron chi connectivity index (χ3n) is 9.10. The average Bonchev–Trinajstić information content (AvgIpc) is 3.06. The number of carboxylic acid groups (broad SMARTS) is 1. The van der Waals surface area contributed by atoms with Crippen LogP contribution >= 0.6 is 0 Å². The van der Waals surface area contributed by atoms with E-state index in [1.807, 2.05) is 65.0 Å². The lowest BCUT2D eigenvalue weighted by molar-refractivity contribution is -0.160. The number of hydrogen-bond acceptors (Lipinski definition) is 6. The van der Waals surface area contributed by atoms with Crippen molar-refractivity contribution >= 4 is 21.9 Å². The van der Waals surface area contributed by atoms with Gasteiger partial charge in [-0.05, 0) is 81.0 Å². The summed E-state index contributed by atoms with van der Waals surface area (Å²) in [5.41, 5.74) is 3.28. The van der Waals surface area contributed by atoms with Crippen LogP contribution < -0.4 is 4.72 Å². The molecule has 9 nitrogen and oxygen atoms in total. The smallest absolute Gasteiger partial charge is 0.337 e. The number of aliphatic carboxylic acids is 1. The van der Waals surface area contributed by atoms with Gasteiger partial charge in [0.2, 0.25) is 15.9 Å². The molecule has 4 aromatic rings. The molecule has 0 radical (unpaired) electrons. The molecule has 1 aliphatic heterocycles. The van der Waals surface area contributed by atoms with E-state index in [2.05, 4.69) is 4.72 Å². The lowest BCUT2D eigenvalue weighted by atomic mass is 9.76. The van der Waals surface area contributed by atoms with E-state index in [9.17, 15) is 27.5 Å². The van der Waals surface area contributed by atoms with E-state index >= 15 is 0 Å². The summed E-state index contributed by atoms with van der Waals surface area (Å²) in [6.07, 6.45) is -1.34. The molecule has 5 rings (SSSR count). The molecular weight excluding hydrogens is 682 g/mol. The zero-order valence-electron chi connectivity index (χ0n) is 31.0. The second-order valence-electron chi connectivity index (χ2n) is 15.5. The number of pyridine rings is 1. The summed E-state index contributed by atoms with van der Waals surface area (Å²) in [6, 6.07) is 20.3. The van der Waals surface area contributed by atoms with Gasteiger partial charge in [-0.15, -0.1) is 0 Å². The highest BCUT2D eigenvalue weighted by molar-refractivity contribution is 7.89. The molecule has 0 saturated heterocycles. The molecule has 52 heavy (non-hydrogen) atoms. The Morgan fingerprint density at radius 1 is 1.00 bits per heavy atom. The summed E-state index contributed by atoms with van der Waals surface area (Å²) < 4.78 is 50.7. The number of amides is 1. The largest absolute Gasteiger partial charge is 0.479 e. The fourth-order valence-electron chi connectivity index (χ4n) is 6.79. The Hall–Kier alpha value is -4.45. The van der Waals surface area contributed by atoms with Gasteiger partial charge in [0, 0.05) is 29.6 Å². The van der Waals surface area contributed by atoms with Crippen LogP contribution in [0.15, 0.2) is 83.8 Å². The Labute approximate surface area is 306 Å². The van der Waals surface area contributed by atoms with Crippen LogP contribution in [-0.2, 0) is 42.7 Å². The quantitative estimate of drug-likeness (QED) is 0.164. The number of aryl methyl sites for hydroxylation is 1. The monoisotopic (exact) mass is 729 g/mol. The Morgan fingerprint density at radius 3 is 2.17 bits per heavy atom. The molecule has 1 unspecified atom stereocenters. The molecule has 1 aliphatic rings. The molecule has 0 aliphatic carbocycles. The van der Waals surface area contributed by atoms with Crippen molar-refractivity contribution in [3.8, 4) is 11.1 Å². The van der Waals surface area contributed by atoms with E-state index in [1.165, 1.54) is 24.3 Å². The zero-order valence-corrected chi connectivity index (χ0v) is 31.8. The van der Waals surface area contributed by atoms with Crippen LogP contribution in [0.3, 0.4) is 0 Å². The van der Waals surface area contributed by atoms with Gasteiger partial charge in [-0.1, -0.05) is 87.9 Å². The Kier molecular flexibility index (Phi) is 11.1. The van der Waals surface area contributed by atoms with Crippen LogP contribution in [0.25, 0.3) is 11.1 Å². The minimum atomic E-state index is -4.11. The first-order chi connectivity index (χ1) is 24.3. The Balaban J connectivity index is 1.70. The van der Waals surface area contributed by atoms with Crippen molar-refractivity contribution in [3.63, 3.8) is 0 Å². The average molecular weight is 730 g/mol. The molecular formula is C41H48FN3O6S. The summed E-state index contributed by atoms with van der Waals surface area (Å²) in [5, 5.41) is 10.6. The van der Waals surface area contributed by atoms with Gasteiger partial charge in [0.15, 0.2) is 6.10 Å². The second-order valence-corrected chi connectivity index (χ2v) is 17.2. The van der Waals surface area contributed by atoms with E-state index < -0.39 is 50.9 Å². The van der Waals surface area contributed by atoms with E-state index in [0.717, 1.165) is 11.1 Å². The summed E-state index contributed by atoms with van der Waals surface area (Å²) >= 11 is 0. The Bertz CT molecular complexity index is 2040. The lowest BCUT2D eigenvalue weighted by Crippen LogP contribution is -2.54. The van der Waals surface area contributed by atoms with Crippen molar-refractivity contribution in [2.75, 3.05) is 6.54 Å². The van der Waals surface area contributed by atoms with Crippen molar-refractivity contribution in [1.82, 2.24) is 14.6 Å². The highest BCUT2D eigenvalue weighted by Gasteiger charge is 2.43. The first-order valence-corrected chi connectivity index (χ1v) is 18.9. The molecule has 276 valence electrons. The summed E-state index contributed by atoms with van der Waals surface area (Å²) in [6.45, 7) is 15.2. The van der Waals surface area contributed by atoms with E-state index in [-0.39, 0.29) is 30.3 Å². The van der Waals surface area contributed by atoms with Crippen molar-refractivity contribution < 1.29 is 32.2 Å². The number of halogens is 1. The maximum atomic E-state index is 14.8. The maximum absolute atomic E-state index is 14.8. The zero-order chi connectivity index (χ0) is 38.2. The number of rotatable bonds is 11. The summed E-state index contributed by atoms with van der Waals surface area (Å²) in [7, 11) is -4.11. The van der Waals surface area contributed by atoms with Gasteiger partial charge >= 0.3 is 5.97 Å². The number of aromatic nitrogens is 1. The number of nitrogens with zero attached hydrogens (tertiary/aromatic N) is 2. The van der Waals surface area contributed by atoms with Crippen LogP contribution in [0.2, 0.25) is 0 Å². The van der Waals surface area contributed by atoms with Gasteiger partial charge in [-0.25, -0.2) is 17.6 Å². The molecule has 11 heteroatoms. The minimum absolute atomic E-state index is 0.00207. The van der Waals surface area contributed by atoms with Gasteiger partial charge in [0.05, 0.1) is 21.9 Å². The Morgan fingerprint density at radius 2 is 1.62 bits per heavy atom. The molecule has 0 spiro atoms. The molecule has 2 heterocycles. The van der Waals surface area contributed by atoms with Crippen LogP contribution in [0.5, 0.6) is 0 Å². The topological polar surface area (TPSA) is 126 Å². The number of ether oxygens (including phenoxy) is 1. The van der Waals surface area contributed by atoms with Gasteiger partial charge in [0.1, 0.15) is 11.9 Å². The standard InChI is InChI=1S/C41H48FN3O6S/c1-25(2)35-34(36(39(47)48)51-40(4,5)6)33(28-16-18-29(42)19-17-28)31-23-45(24-41(7,8)37(31)43-35)38(46)32(22-27-12-10-9-11-13-27)44-52(49,50)30-20-14-26(3)15-21-30/h9-21,25,32,36,44H,22-24H2,1-8H3,(H,47,48)/t32-,36?/m0/s1. The van der Waals surface area contributed by atoms with Crippen molar-refractivity contribution in [2.24, 2.45) is 0 Å². The predicted molar refractivity (Wildman–Crippen MR) is 199 cm³/mol. The van der Waals surface area contributed by atoms with Crippen LogP contribution in [0.4, 0.5) is 4.39 Å². The number of sulfonamides is 1. The highest BCUT2D eigenvalue weighted by Crippen LogP contribution is 2.45. The second kappa shape index (κ2) is 14.9. The summed E-state index contributed by atoms with van der Waals surface area (Å²) in [4.78, 5) is 34.6. The van der Waals surface area contributed by atoms with Gasteiger partial charge in [0.25, 0.3) is 0 Å². The van der Waals surface area contributed by atoms with Gasteiger partial charge in [-0.3, -0.25) is 9.78 Å². The summed E-state index contributed by atoms with van der Waals surface area (Å²) in [5.74, 6) is -2.33. The van der Waals surface area contributed by atoms with Crippen molar-refractivity contribution in [2.45, 2.75) is 102 Å². The number of carboxylic acids is 1. The predicted octanol–water partition coefficient (Wildman–Crippen LogP) is 7.47. The number of hydrogen-bond donors (Lipinski definition) is 2. The first kappa shape index (κ1) is 38.8. The van der Waals surface area contributed by atoms with Crippen molar-refractivity contribution in [3.05, 3.63) is 118 Å². The van der Waals surface area contributed by atoms with Crippen LogP contribution in [0.1, 0.15) is 94.1 Å². The number of nitrogens with one attached hydrogen (secondary N) is 1.